The van der Waals surface area contributed by atoms with Gasteiger partial charge in [0.2, 0.25) is 0 Å². The van der Waals surface area contributed by atoms with Gasteiger partial charge < -0.3 is 10.1 Å². The second-order valence-corrected chi connectivity index (χ2v) is 3.12. The molecule has 0 aromatic heterocycles. The summed E-state index contributed by atoms with van der Waals surface area (Å²) in [4.78, 5) is 10.8. The standard InChI is InChI=1S/C7H15NO2.C2H6.CH4.H2/c1-7(2,3)10-6(9)5-8-4;1-2;;/h8H,5H2,1-4H3;1-2H3;1H4;1H. The Labute approximate surface area is 84.3 Å². The quantitative estimate of drug-likeness (QED) is 0.685. The van der Waals surface area contributed by atoms with Gasteiger partial charge in [-0.3, -0.25) is 4.79 Å². The zero-order valence-electron chi connectivity index (χ0n) is 9.02. The molecule has 0 heterocycles. The van der Waals surface area contributed by atoms with E-state index in [1.807, 2.05) is 34.6 Å². The highest BCUT2D eigenvalue weighted by Gasteiger charge is 2.14. The van der Waals surface area contributed by atoms with Crippen LogP contribution < -0.4 is 5.32 Å². The number of carbonyl (C=O) groups is 1. The molecule has 0 aliphatic heterocycles. The molecule has 0 aromatic rings. The van der Waals surface area contributed by atoms with Crippen molar-refractivity contribution in [1.82, 2.24) is 5.32 Å². The largest absolute Gasteiger partial charge is 0.459 e. The van der Waals surface area contributed by atoms with E-state index in [4.69, 9.17) is 4.74 Å². The molecule has 13 heavy (non-hydrogen) atoms. The third kappa shape index (κ3) is 18.4. The average molecular weight is 193 g/mol. The van der Waals surface area contributed by atoms with Gasteiger partial charge in [0.05, 0.1) is 6.54 Å². The van der Waals surface area contributed by atoms with E-state index >= 15 is 0 Å². The third-order valence-electron chi connectivity index (χ3n) is 0.741. The first kappa shape index (κ1) is 18.3. The van der Waals surface area contributed by atoms with Gasteiger partial charge in [0, 0.05) is 1.43 Å². The van der Waals surface area contributed by atoms with Gasteiger partial charge in [0.1, 0.15) is 5.60 Å². The second-order valence-electron chi connectivity index (χ2n) is 3.12. The number of likely N-dealkylation sites (N-methyl/N-ethyl adjacent to an activating group) is 1. The zero-order valence-corrected chi connectivity index (χ0v) is 9.02. The van der Waals surface area contributed by atoms with Crippen molar-refractivity contribution < 1.29 is 11.0 Å². The smallest absolute Gasteiger partial charge is 0.320 e. The predicted molar refractivity (Wildman–Crippen MR) is 60.0 cm³/mol. The fourth-order valence-electron chi connectivity index (χ4n) is 0.522. The predicted octanol–water partition coefficient (Wildman–Crippen LogP) is 2.46. The van der Waals surface area contributed by atoms with E-state index in [-0.39, 0.29) is 27.0 Å². The summed E-state index contributed by atoms with van der Waals surface area (Å²) >= 11 is 0. The van der Waals surface area contributed by atoms with Crippen LogP contribution in [0.2, 0.25) is 0 Å². The Bertz CT molecular complexity index is 122. The lowest BCUT2D eigenvalue weighted by Crippen LogP contribution is -2.29. The summed E-state index contributed by atoms with van der Waals surface area (Å²) in [6, 6.07) is 0. The van der Waals surface area contributed by atoms with Crippen molar-refractivity contribution in [2.75, 3.05) is 13.6 Å². The van der Waals surface area contributed by atoms with Gasteiger partial charge in [0.25, 0.3) is 0 Å². The van der Waals surface area contributed by atoms with Crippen molar-refractivity contribution >= 4 is 5.97 Å². The fraction of sp³-hybridized carbons (Fsp3) is 0.900. The molecule has 0 radical (unpaired) electrons. The Morgan fingerprint density at radius 3 is 2.00 bits per heavy atom. The van der Waals surface area contributed by atoms with Crippen LogP contribution in [0.15, 0.2) is 0 Å². The lowest BCUT2D eigenvalue weighted by atomic mass is 10.2. The van der Waals surface area contributed by atoms with Crippen molar-refractivity contribution in [2.24, 2.45) is 0 Å². The van der Waals surface area contributed by atoms with Gasteiger partial charge in [0.15, 0.2) is 0 Å². The Hall–Kier alpha value is -0.570. The molecule has 0 bridgehead atoms. The monoisotopic (exact) mass is 193 g/mol. The van der Waals surface area contributed by atoms with Crippen LogP contribution in [0, 0.1) is 0 Å². The Kier molecular flexibility index (Phi) is 13.4. The van der Waals surface area contributed by atoms with Crippen LogP contribution >= 0.6 is 0 Å². The topological polar surface area (TPSA) is 38.3 Å². The van der Waals surface area contributed by atoms with Crippen molar-refractivity contribution in [1.29, 1.82) is 0 Å². The van der Waals surface area contributed by atoms with Gasteiger partial charge in [-0.2, -0.15) is 0 Å². The highest BCUT2D eigenvalue weighted by molar-refractivity contribution is 5.71. The molecule has 1 N–H and O–H groups in total. The molecule has 0 aromatic carbocycles. The molecule has 0 fully saturated rings. The minimum atomic E-state index is -0.367. The summed E-state index contributed by atoms with van der Waals surface area (Å²) in [5.41, 5.74) is -0.367. The molecule has 0 saturated carbocycles. The molecule has 0 saturated heterocycles. The van der Waals surface area contributed by atoms with Crippen LogP contribution in [0.4, 0.5) is 0 Å². The lowest BCUT2D eigenvalue weighted by molar-refractivity contribution is -0.153. The van der Waals surface area contributed by atoms with E-state index < -0.39 is 0 Å². The molecule has 0 aliphatic rings. The van der Waals surface area contributed by atoms with Crippen molar-refractivity contribution in [3.05, 3.63) is 0 Å². The van der Waals surface area contributed by atoms with Crippen molar-refractivity contribution in [3.63, 3.8) is 0 Å². The van der Waals surface area contributed by atoms with E-state index in [1.54, 1.807) is 7.05 Å². The normalized spacial score (nSPS) is 9.08. The number of hydrogen-bond donors (Lipinski definition) is 1. The van der Waals surface area contributed by atoms with E-state index in [0.717, 1.165) is 0 Å². The minimum absolute atomic E-state index is 0. The minimum Gasteiger partial charge on any atom is -0.459 e. The van der Waals surface area contributed by atoms with E-state index in [2.05, 4.69) is 5.32 Å². The van der Waals surface area contributed by atoms with Gasteiger partial charge >= 0.3 is 5.97 Å². The van der Waals surface area contributed by atoms with E-state index in [0.29, 0.717) is 0 Å². The summed E-state index contributed by atoms with van der Waals surface area (Å²) < 4.78 is 4.98. The molecule has 0 amide bonds. The zero-order chi connectivity index (χ0) is 10.2. The van der Waals surface area contributed by atoms with E-state index in [9.17, 15) is 4.79 Å². The highest BCUT2D eigenvalue weighted by Crippen LogP contribution is 2.05. The van der Waals surface area contributed by atoms with Crippen molar-refractivity contribution in [3.8, 4) is 0 Å². The maximum absolute atomic E-state index is 10.8. The molecule has 0 aliphatic carbocycles. The average Bonchev–Trinajstić information content (AvgIpc) is 1.88. The Morgan fingerprint density at radius 1 is 1.38 bits per heavy atom. The van der Waals surface area contributed by atoms with Gasteiger partial charge in [-0.25, -0.2) is 0 Å². The Morgan fingerprint density at radius 2 is 1.77 bits per heavy atom. The van der Waals surface area contributed by atoms with Crippen LogP contribution in [-0.2, 0) is 9.53 Å². The number of rotatable bonds is 2. The molecule has 0 unspecified atom stereocenters. The van der Waals surface area contributed by atoms with Gasteiger partial charge in [-0.05, 0) is 27.8 Å². The van der Waals surface area contributed by atoms with Gasteiger partial charge in [-0.15, -0.1) is 0 Å². The van der Waals surface area contributed by atoms with Crippen molar-refractivity contribution in [2.45, 2.75) is 47.6 Å². The van der Waals surface area contributed by atoms with Crippen LogP contribution in [0.25, 0.3) is 0 Å². The third-order valence-corrected chi connectivity index (χ3v) is 0.741. The molecule has 0 spiro atoms. The summed E-state index contributed by atoms with van der Waals surface area (Å²) in [6.07, 6.45) is 0. The fourth-order valence-corrected chi connectivity index (χ4v) is 0.522. The summed E-state index contributed by atoms with van der Waals surface area (Å²) in [7, 11) is 1.71. The molecule has 3 heteroatoms. The summed E-state index contributed by atoms with van der Waals surface area (Å²) in [5, 5.41) is 2.72. The molecule has 84 valence electrons. The number of carbonyl (C=O) groups excluding carboxylic acids is 1. The number of nitrogens with one attached hydrogen (secondary N) is 1. The maximum Gasteiger partial charge on any atom is 0.320 e. The van der Waals surface area contributed by atoms with Crippen LogP contribution in [0.3, 0.4) is 0 Å². The second kappa shape index (κ2) is 9.52. The summed E-state index contributed by atoms with van der Waals surface area (Å²) in [5.74, 6) is -0.213. The lowest BCUT2D eigenvalue weighted by Gasteiger charge is -2.19. The van der Waals surface area contributed by atoms with Crippen LogP contribution in [0.5, 0.6) is 0 Å². The SMILES string of the molecule is C.CC.CNCC(=O)OC(C)(C)C.[HH]. The molecular weight excluding hydrogens is 166 g/mol. The first-order chi connectivity index (χ1) is 5.45. The molecule has 3 nitrogen and oxygen atoms in total. The molecule has 0 rings (SSSR count). The first-order valence-corrected chi connectivity index (χ1v) is 4.32. The number of hydrogen-bond acceptors (Lipinski definition) is 3. The molecular formula is C10H27NO2. The van der Waals surface area contributed by atoms with Crippen LogP contribution in [-0.4, -0.2) is 25.2 Å². The van der Waals surface area contributed by atoms with E-state index in [1.165, 1.54) is 0 Å². The number of ether oxygens (including phenoxy) is 1. The van der Waals surface area contributed by atoms with Gasteiger partial charge in [-0.1, -0.05) is 21.3 Å². The Balaban J connectivity index is -0.000000117. The first-order valence-electron chi connectivity index (χ1n) is 4.32. The highest BCUT2D eigenvalue weighted by atomic mass is 16.6. The van der Waals surface area contributed by atoms with Crippen LogP contribution in [0.1, 0.15) is 43.5 Å². The molecule has 0 atom stereocenters. The summed E-state index contributed by atoms with van der Waals surface area (Å²) in [6.45, 7) is 9.82. The number of esters is 1. The maximum atomic E-state index is 10.8.